The van der Waals surface area contributed by atoms with Crippen molar-refractivity contribution in [1.29, 1.82) is 0 Å². The van der Waals surface area contributed by atoms with Crippen molar-refractivity contribution in [3.8, 4) is 11.5 Å². The van der Waals surface area contributed by atoms with Crippen LogP contribution >= 0.6 is 0 Å². The SMILES string of the molecule is CCO[n+]1ccccc1C(=O)Oc1ccccc1F.CCO[n+]1ccccc1C(=O)Oc1ccccc1F.[O-]B([O-])OCCCC(c1ccccc1)(c1ccccc1)c1ccccc1. The van der Waals surface area contributed by atoms with Crippen LogP contribution in [-0.2, 0) is 10.1 Å². The average Bonchev–Trinajstić information content (AvgIpc) is 3.32. The molecule has 11 nitrogen and oxygen atoms in total. The third-order valence-electron chi connectivity index (χ3n) is 9.43. The van der Waals surface area contributed by atoms with Gasteiger partial charge in [0, 0.05) is 45.7 Å². The van der Waals surface area contributed by atoms with E-state index in [1.807, 2.05) is 54.6 Å². The van der Waals surface area contributed by atoms with Gasteiger partial charge in [-0.15, -0.1) is 0 Å². The Kier molecular flexibility index (Phi) is 18.7. The van der Waals surface area contributed by atoms with Crippen molar-refractivity contribution < 1.29 is 61.7 Å². The Balaban J connectivity index is 0.000000184. The Morgan fingerprint density at radius 3 is 1.25 bits per heavy atom. The lowest BCUT2D eigenvalue weighted by Crippen LogP contribution is -2.48. The molecular formula is C50H47BF2N2O9. The van der Waals surface area contributed by atoms with Crippen molar-refractivity contribution in [1.82, 2.24) is 0 Å². The minimum atomic E-state index is -2.23. The van der Waals surface area contributed by atoms with Gasteiger partial charge in [-0.3, -0.25) is 9.68 Å². The molecule has 328 valence electrons. The van der Waals surface area contributed by atoms with Crippen molar-refractivity contribution in [2.75, 3.05) is 19.8 Å². The van der Waals surface area contributed by atoms with E-state index < -0.39 is 30.9 Å². The number of nitrogens with zero attached hydrogens (tertiary/aromatic N) is 2. The fourth-order valence-corrected chi connectivity index (χ4v) is 6.65. The second kappa shape index (κ2) is 25.0. The van der Waals surface area contributed by atoms with Gasteiger partial charge >= 0.3 is 23.3 Å². The van der Waals surface area contributed by atoms with Gasteiger partial charge in [0.2, 0.25) is 12.4 Å². The highest BCUT2D eigenvalue weighted by Crippen LogP contribution is 2.43. The van der Waals surface area contributed by atoms with Crippen molar-refractivity contribution in [3.05, 3.63) is 228 Å². The Hall–Kier alpha value is -7.26. The van der Waals surface area contributed by atoms with Crippen LogP contribution in [0.25, 0.3) is 0 Å². The number of carbonyl (C=O) groups is 2. The number of hydrogen-bond donors (Lipinski definition) is 0. The van der Waals surface area contributed by atoms with Crippen molar-refractivity contribution >= 4 is 19.3 Å². The maximum Gasteiger partial charge on any atom is 0.414 e. The molecule has 0 spiro atoms. The third kappa shape index (κ3) is 13.4. The molecule has 5 aromatic carbocycles. The summed E-state index contributed by atoms with van der Waals surface area (Å²) in [5.74, 6) is -2.76. The number of pyridine rings is 2. The fourth-order valence-electron chi connectivity index (χ4n) is 6.65. The Morgan fingerprint density at radius 2 is 0.891 bits per heavy atom. The van der Waals surface area contributed by atoms with E-state index in [-0.39, 0.29) is 34.9 Å². The molecule has 0 bridgehead atoms. The average molecular weight is 869 g/mol. The first-order valence-corrected chi connectivity index (χ1v) is 20.5. The van der Waals surface area contributed by atoms with E-state index in [0.717, 1.165) is 6.42 Å². The van der Waals surface area contributed by atoms with Gasteiger partial charge in [0.1, 0.15) is 0 Å². The first-order valence-electron chi connectivity index (χ1n) is 20.5. The lowest BCUT2D eigenvalue weighted by atomic mass is 9.67. The first kappa shape index (κ1) is 47.8. The summed E-state index contributed by atoms with van der Waals surface area (Å²) in [6.07, 6.45) is 4.51. The summed E-state index contributed by atoms with van der Waals surface area (Å²) in [7, 11) is -2.23. The first-order chi connectivity index (χ1) is 31.2. The van der Waals surface area contributed by atoms with E-state index in [2.05, 4.69) is 36.4 Å². The van der Waals surface area contributed by atoms with Gasteiger partial charge in [0.15, 0.2) is 36.3 Å². The standard InChI is InChI=1S/C22H21BO3.2C14H13FNO3/c24-23(25)26-18-10-17-22(19-11-4-1-5-12-19,20-13-6-2-7-14-20)21-15-8-3-9-16-21;2*1-2-18-16-10-6-5-8-12(16)14(17)19-13-9-4-3-7-11(13)15/h1-9,11-16H,10,17-18H2;2*3-10H,2H2,1H3/q-2;2*+1. The maximum absolute atomic E-state index is 13.4. The number of aromatic nitrogens is 2. The zero-order valence-corrected chi connectivity index (χ0v) is 35.3. The Labute approximate surface area is 371 Å². The molecule has 14 heteroatoms. The van der Waals surface area contributed by atoms with Gasteiger partial charge in [-0.1, -0.05) is 115 Å². The van der Waals surface area contributed by atoms with E-state index in [0.29, 0.717) is 19.6 Å². The predicted molar refractivity (Wildman–Crippen MR) is 230 cm³/mol. The molecule has 0 N–H and O–H groups in total. The van der Waals surface area contributed by atoms with E-state index in [9.17, 15) is 28.4 Å². The zero-order valence-electron chi connectivity index (χ0n) is 35.3. The van der Waals surface area contributed by atoms with E-state index >= 15 is 0 Å². The quantitative estimate of drug-likeness (QED) is 0.0283. The summed E-state index contributed by atoms with van der Waals surface area (Å²) < 4.78 is 44.1. The molecule has 0 saturated heterocycles. The normalized spacial score (nSPS) is 10.5. The lowest BCUT2D eigenvalue weighted by molar-refractivity contribution is -0.892. The highest BCUT2D eigenvalue weighted by molar-refractivity contribution is 6.28. The van der Waals surface area contributed by atoms with Crippen molar-refractivity contribution in [2.24, 2.45) is 0 Å². The van der Waals surface area contributed by atoms with Crippen LogP contribution < -0.4 is 38.7 Å². The third-order valence-corrected chi connectivity index (χ3v) is 9.43. The van der Waals surface area contributed by atoms with Crippen LogP contribution in [0.4, 0.5) is 8.78 Å². The largest absolute Gasteiger partial charge is 0.871 e. The molecule has 0 fully saturated rings. The summed E-state index contributed by atoms with van der Waals surface area (Å²) in [4.78, 5) is 34.4. The summed E-state index contributed by atoms with van der Waals surface area (Å²) in [6.45, 7) is 4.55. The second-order valence-corrected chi connectivity index (χ2v) is 13.6. The van der Waals surface area contributed by atoms with Crippen LogP contribution in [0.1, 0.15) is 64.4 Å². The van der Waals surface area contributed by atoms with Crippen LogP contribution in [-0.4, -0.2) is 39.1 Å². The molecule has 0 aliphatic carbocycles. The topological polar surface area (TPSA) is 134 Å². The molecule has 64 heavy (non-hydrogen) atoms. The van der Waals surface area contributed by atoms with Gasteiger partial charge in [-0.05, 0) is 79.8 Å². The zero-order chi connectivity index (χ0) is 45.6. The molecule has 2 aromatic heterocycles. The number of para-hydroxylation sites is 2. The van der Waals surface area contributed by atoms with Crippen LogP contribution in [0.3, 0.4) is 0 Å². The number of ether oxygens (including phenoxy) is 2. The van der Waals surface area contributed by atoms with Gasteiger partial charge in [0.05, 0.1) is 7.32 Å². The van der Waals surface area contributed by atoms with E-state index in [1.165, 1.54) is 62.5 Å². The number of benzene rings is 5. The van der Waals surface area contributed by atoms with Crippen molar-refractivity contribution in [2.45, 2.75) is 32.1 Å². The number of halogens is 2. The Bertz CT molecular complexity index is 2300. The summed E-state index contributed by atoms with van der Waals surface area (Å²) in [5.41, 5.74) is 3.55. The molecule has 0 radical (unpaired) electrons. The summed E-state index contributed by atoms with van der Waals surface area (Å²) in [5, 5.41) is 21.4. The molecular weight excluding hydrogens is 821 g/mol. The van der Waals surface area contributed by atoms with Gasteiger partial charge in [-0.2, -0.15) is 0 Å². The lowest BCUT2D eigenvalue weighted by Gasteiger charge is -2.37. The number of carbonyl (C=O) groups excluding carboxylic acids is 2. The monoisotopic (exact) mass is 868 g/mol. The highest BCUT2D eigenvalue weighted by atomic mass is 19.1. The minimum absolute atomic E-state index is 0.112. The number of hydrogen-bond acceptors (Lipinski definition) is 9. The van der Waals surface area contributed by atoms with Gasteiger partial charge in [-0.25, -0.2) is 18.4 Å². The summed E-state index contributed by atoms with van der Waals surface area (Å²) in [6, 6.07) is 52.4. The molecule has 0 atom stereocenters. The molecule has 0 amide bonds. The number of rotatable bonds is 16. The maximum atomic E-state index is 13.4. The van der Waals surface area contributed by atoms with E-state index in [4.69, 9.17) is 23.8 Å². The van der Waals surface area contributed by atoms with Crippen LogP contribution in [0.15, 0.2) is 188 Å². The van der Waals surface area contributed by atoms with Gasteiger partial charge < -0.3 is 24.2 Å². The number of esters is 2. The second-order valence-electron chi connectivity index (χ2n) is 13.6. The predicted octanol–water partition coefficient (Wildman–Crippen LogP) is 6.09. The molecule has 7 rings (SSSR count). The fraction of sp³-hybridized carbons (Fsp3) is 0.160. The Morgan fingerprint density at radius 1 is 0.531 bits per heavy atom. The molecule has 0 aliphatic heterocycles. The van der Waals surface area contributed by atoms with Crippen LogP contribution in [0.5, 0.6) is 11.5 Å². The van der Waals surface area contributed by atoms with Crippen molar-refractivity contribution in [3.63, 3.8) is 0 Å². The molecule has 0 saturated carbocycles. The molecule has 2 heterocycles. The molecule has 7 aromatic rings. The van der Waals surface area contributed by atoms with E-state index in [1.54, 1.807) is 74.8 Å². The minimum Gasteiger partial charge on any atom is -0.871 e. The highest BCUT2D eigenvalue weighted by Gasteiger charge is 2.35. The summed E-state index contributed by atoms with van der Waals surface area (Å²) >= 11 is 0. The smallest absolute Gasteiger partial charge is 0.414 e. The molecule has 0 unspecified atom stereocenters. The molecule has 0 aliphatic rings. The van der Waals surface area contributed by atoms with Crippen LogP contribution in [0, 0.1) is 11.6 Å². The van der Waals surface area contributed by atoms with Crippen LogP contribution in [0.2, 0.25) is 0 Å². The van der Waals surface area contributed by atoms with Gasteiger partial charge in [0.25, 0.3) is 0 Å².